The van der Waals surface area contributed by atoms with Gasteiger partial charge in [0.05, 0.1) is 11.3 Å². The third-order valence-corrected chi connectivity index (χ3v) is 2.84. The molecule has 0 radical (unpaired) electrons. The third-order valence-electron chi connectivity index (χ3n) is 2.84. The molecule has 0 aromatic rings. The van der Waals surface area contributed by atoms with Gasteiger partial charge in [0.2, 0.25) is 0 Å². The van der Waals surface area contributed by atoms with E-state index >= 15 is 0 Å². The summed E-state index contributed by atoms with van der Waals surface area (Å²) in [5.41, 5.74) is -0.551. The molecule has 3 nitrogen and oxygen atoms in total. The van der Waals surface area contributed by atoms with Gasteiger partial charge in [-0.05, 0) is 26.7 Å². The maximum Gasteiger partial charge on any atom is 0.308 e. The molecule has 0 aromatic heterocycles. The number of rotatable bonds is 4. The summed E-state index contributed by atoms with van der Waals surface area (Å²) in [6.07, 6.45) is 6.19. The van der Waals surface area contributed by atoms with Crippen LogP contribution >= 0.6 is 0 Å². The zero-order valence-corrected chi connectivity index (χ0v) is 9.62. The first-order valence-electron chi connectivity index (χ1n) is 5.68. The number of esters is 1. The van der Waals surface area contributed by atoms with Gasteiger partial charge in [-0.15, -0.1) is 0 Å². The van der Waals surface area contributed by atoms with Crippen molar-refractivity contribution in [2.24, 2.45) is 11.3 Å². The third kappa shape index (κ3) is 4.02. The molecule has 15 heavy (non-hydrogen) atoms. The molecule has 86 valence electrons. The van der Waals surface area contributed by atoms with Crippen LogP contribution in [0.1, 0.15) is 46.0 Å². The lowest BCUT2D eigenvalue weighted by Gasteiger charge is -2.22. The van der Waals surface area contributed by atoms with E-state index in [0.717, 1.165) is 32.0 Å². The molecule has 1 aliphatic carbocycles. The van der Waals surface area contributed by atoms with Crippen molar-refractivity contribution in [2.45, 2.75) is 46.0 Å². The van der Waals surface area contributed by atoms with Crippen LogP contribution in [0.4, 0.5) is 0 Å². The van der Waals surface area contributed by atoms with Crippen molar-refractivity contribution in [3.05, 3.63) is 0 Å². The van der Waals surface area contributed by atoms with E-state index in [-0.39, 0.29) is 18.5 Å². The Morgan fingerprint density at radius 3 is 2.47 bits per heavy atom. The summed E-state index contributed by atoms with van der Waals surface area (Å²) in [6, 6.07) is 0. The summed E-state index contributed by atoms with van der Waals surface area (Å²) in [6.45, 7) is 3.74. The first-order chi connectivity index (χ1) is 7.05. The summed E-state index contributed by atoms with van der Waals surface area (Å²) in [4.78, 5) is 22.2. The standard InChI is InChI=1S/C12H20O3/c1-12(2,8-13)9-15-11(14)10-6-4-3-5-7-10/h8,10H,3-7,9H2,1-2H3. The number of aldehydes is 1. The summed E-state index contributed by atoms with van der Waals surface area (Å²) in [5.74, 6) is -0.0502. The van der Waals surface area contributed by atoms with Crippen molar-refractivity contribution < 1.29 is 14.3 Å². The van der Waals surface area contributed by atoms with E-state index in [4.69, 9.17) is 4.74 Å². The fraction of sp³-hybridized carbons (Fsp3) is 0.833. The fourth-order valence-corrected chi connectivity index (χ4v) is 1.75. The average molecular weight is 212 g/mol. The topological polar surface area (TPSA) is 43.4 Å². The smallest absolute Gasteiger partial charge is 0.308 e. The minimum Gasteiger partial charge on any atom is -0.464 e. The SMILES string of the molecule is CC(C)(C=O)COC(=O)C1CCCCC1. The van der Waals surface area contributed by atoms with Crippen LogP contribution < -0.4 is 0 Å². The second-order valence-electron chi connectivity index (χ2n) is 5.05. The van der Waals surface area contributed by atoms with Crippen LogP contribution in [0.25, 0.3) is 0 Å². The van der Waals surface area contributed by atoms with E-state index < -0.39 is 5.41 Å². The highest BCUT2D eigenvalue weighted by atomic mass is 16.5. The lowest BCUT2D eigenvalue weighted by molar-refractivity contribution is -0.153. The van der Waals surface area contributed by atoms with E-state index in [1.807, 2.05) is 0 Å². The molecule has 0 saturated heterocycles. The Morgan fingerprint density at radius 1 is 1.33 bits per heavy atom. The van der Waals surface area contributed by atoms with Crippen molar-refractivity contribution in [2.75, 3.05) is 6.61 Å². The van der Waals surface area contributed by atoms with Crippen LogP contribution in [-0.2, 0) is 14.3 Å². The van der Waals surface area contributed by atoms with Gasteiger partial charge in [-0.2, -0.15) is 0 Å². The average Bonchev–Trinajstić information content (AvgIpc) is 2.27. The molecule has 3 heteroatoms. The van der Waals surface area contributed by atoms with Gasteiger partial charge in [0, 0.05) is 0 Å². The summed E-state index contributed by atoms with van der Waals surface area (Å²) < 4.78 is 5.17. The van der Waals surface area contributed by atoms with Crippen LogP contribution in [0.3, 0.4) is 0 Å². The Balaban J connectivity index is 2.31. The van der Waals surface area contributed by atoms with Gasteiger partial charge in [0.15, 0.2) is 0 Å². The molecule has 1 aliphatic rings. The molecular weight excluding hydrogens is 192 g/mol. The zero-order valence-electron chi connectivity index (χ0n) is 9.62. The molecule has 0 amide bonds. The minimum absolute atomic E-state index is 0.0706. The van der Waals surface area contributed by atoms with Crippen molar-refractivity contribution >= 4 is 12.3 Å². The van der Waals surface area contributed by atoms with E-state index in [1.165, 1.54) is 6.42 Å². The van der Waals surface area contributed by atoms with Gasteiger partial charge in [0.25, 0.3) is 0 Å². The van der Waals surface area contributed by atoms with Crippen molar-refractivity contribution in [1.82, 2.24) is 0 Å². The normalized spacial score (nSPS) is 18.5. The van der Waals surface area contributed by atoms with Crippen molar-refractivity contribution in [3.8, 4) is 0 Å². The monoisotopic (exact) mass is 212 g/mol. The molecule has 0 spiro atoms. The highest BCUT2D eigenvalue weighted by molar-refractivity contribution is 5.73. The van der Waals surface area contributed by atoms with Crippen molar-refractivity contribution in [1.29, 1.82) is 0 Å². The van der Waals surface area contributed by atoms with Crippen molar-refractivity contribution in [3.63, 3.8) is 0 Å². The Hall–Kier alpha value is -0.860. The van der Waals surface area contributed by atoms with E-state index in [1.54, 1.807) is 13.8 Å². The van der Waals surface area contributed by atoms with Crippen LogP contribution in [0.5, 0.6) is 0 Å². The number of ether oxygens (including phenoxy) is 1. The van der Waals surface area contributed by atoms with E-state index in [9.17, 15) is 9.59 Å². The number of carbonyl (C=O) groups is 2. The summed E-state index contributed by atoms with van der Waals surface area (Å²) in [5, 5.41) is 0. The molecule has 0 heterocycles. The quantitative estimate of drug-likeness (QED) is 0.530. The second-order valence-corrected chi connectivity index (χ2v) is 5.05. The second kappa shape index (κ2) is 5.29. The Bertz CT molecular complexity index is 227. The highest BCUT2D eigenvalue weighted by Gasteiger charge is 2.25. The van der Waals surface area contributed by atoms with Gasteiger partial charge < -0.3 is 9.53 Å². The maximum atomic E-state index is 11.6. The number of hydrogen-bond donors (Lipinski definition) is 0. The molecule has 0 aliphatic heterocycles. The minimum atomic E-state index is -0.551. The maximum absolute atomic E-state index is 11.6. The Morgan fingerprint density at radius 2 is 1.93 bits per heavy atom. The summed E-state index contributed by atoms with van der Waals surface area (Å²) >= 11 is 0. The van der Waals surface area contributed by atoms with Gasteiger partial charge in [-0.1, -0.05) is 19.3 Å². The zero-order chi connectivity index (χ0) is 11.3. The molecule has 0 bridgehead atoms. The van der Waals surface area contributed by atoms with Gasteiger partial charge in [0.1, 0.15) is 12.9 Å². The van der Waals surface area contributed by atoms with Gasteiger partial charge in [-0.25, -0.2) is 0 Å². The predicted octanol–water partition coefficient (Wildman–Crippen LogP) is 2.33. The first kappa shape index (κ1) is 12.2. The molecule has 0 aromatic carbocycles. The summed E-state index contributed by atoms with van der Waals surface area (Å²) in [7, 11) is 0. The van der Waals surface area contributed by atoms with Gasteiger partial charge in [-0.3, -0.25) is 4.79 Å². The van der Waals surface area contributed by atoms with Crippen LogP contribution in [-0.4, -0.2) is 18.9 Å². The number of hydrogen-bond acceptors (Lipinski definition) is 3. The lowest BCUT2D eigenvalue weighted by atomic mass is 9.89. The molecular formula is C12H20O3. The van der Waals surface area contributed by atoms with E-state index in [0.29, 0.717) is 0 Å². The molecule has 1 rings (SSSR count). The number of carbonyl (C=O) groups excluding carboxylic acids is 2. The van der Waals surface area contributed by atoms with Crippen LogP contribution in [0.2, 0.25) is 0 Å². The molecule has 1 saturated carbocycles. The largest absolute Gasteiger partial charge is 0.464 e. The Kier molecular flexibility index (Phi) is 4.30. The molecule has 0 unspecified atom stereocenters. The van der Waals surface area contributed by atoms with Crippen LogP contribution in [0.15, 0.2) is 0 Å². The molecule has 0 atom stereocenters. The molecule has 1 fully saturated rings. The van der Waals surface area contributed by atoms with Gasteiger partial charge >= 0.3 is 5.97 Å². The molecule has 0 N–H and O–H groups in total. The highest BCUT2D eigenvalue weighted by Crippen LogP contribution is 2.25. The predicted molar refractivity (Wildman–Crippen MR) is 57.4 cm³/mol. The lowest BCUT2D eigenvalue weighted by Crippen LogP contribution is -2.27. The first-order valence-corrected chi connectivity index (χ1v) is 5.68. The van der Waals surface area contributed by atoms with E-state index in [2.05, 4.69) is 0 Å². The Labute approximate surface area is 91.2 Å². The van der Waals surface area contributed by atoms with Crippen LogP contribution in [0, 0.1) is 11.3 Å². The fourth-order valence-electron chi connectivity index (χ4n) is 1.75.